The van der Waals surface area contributed by atoms with Gasteiger partial charge in [-0.05, 0) is 57.2 Å². The maximum atomic E-state index is 13.3. The number of carbonyl (C=O) groups excluding carboxylic acids is 4. The normalized spacial score (nSPS) is 27.1. The van der Waals surface area contributed by atoms with Gasteiger partial charge in [-0.2, -0.15) is 0 Å². The van der Waals surface area contributed by atoms with Crippen molar-refractivity contribution in [1.29, 1.82) is 0 Å². The predicted octanol–water partition coefficient (Wildman–Crippen LogP) is 2.53. The Morgan fingerprint density at radius 1 is 0.886 bits per heavy atom. The molecule has 3 heterocycles. The van der Waals surface area contributed by atoms with Crippen molar-refractivity contribution in [2.24, 2.45) is 5.92 Å². The van der Waals surface area contributed by atoms with E-state index in [-0.39, 0.29) is 43.8 Å². The molecule has 12 heteroatoms. The van der Waals surface area contributed by atoms with E-state index in [4.69, 9.17) is 19.2 Å². The van der Waals surface area contributed by atoms with Crippen LogP contribution >= 0.6 is 0 Å². The number of nitrogens with one attached hydrogen (secondary N) is 3. The number of hydrogen-bond donors (Lipinski definition) is 3. The van der Waals surface area contributed by atoms with E-state index in [9.17, 15) is 19.2 Å². The van der Waals surface area contributed by atoms with Crippen molar-refractivity contribution >= 4 is 40.7 Å². The van der Waals surface area contributed by atoms with E-state index in [1.165, 1.54) is 5.01 Å². The summed E-state index contributed by atoms with van der Waals surface area (Å²) < 4.78 is 16.4. The first-order valence-corrected chi connectivity index (χ1v) is 15.4. The minimum atomic E-state index is -1.03. The third-order valence-corrected chi connectivity index (χ3v) is 8.29. The van der Waals surface area contributed by atoms with Gasteiger partial charge in [0.25, 0.3) is 11.8 Å². The van der Waals surface area contributed by atoms with E-state index < -0.39 is 30.1 Å². The van der Waals surface area contributed by atoms with Gasteiger partial charge in [0.15, 0.2) is 6.10 Å². The molecule has 1 saturated heterocycles. The summed E-state index contributed by atoms with van der Waals surface area (Å²) in [4.78, 5) is 57.3. The topological polar surface area (TPSA) is 148 Å². The average molecular weight is 608 g/mol. The number of ether oxygens (including phenoxy) is 3. The Morgan fingerprint density at radius 2 is 1.66 bits per heavy atom. The van der Waals surface area contributed by atoms with Crippen molar-refractivity contribution in [1.82, 2.24) is 26.1 Å². The van der Waals surface area contributed by atoms with Crippen molar-refractivity contribution in [3.8, 4) is 0 Å². The Morgan fingerprint density at radius 3 is 2.48 bits per heavy atom. The molecule has 4 unspecified atom stereocenters. The fraction of sp³-hybridized carbons (Fsp3) is 0.531. The Balaban J connectivity index is 1.34. The Hall–Kier alpha value is -3.87. The van der Waals surface area contributed by atoms with E-state index >= 15 is 0 Å². The van der Waals surface area contributed by atoms with Gasteiger partial charge >= 0.3 is 5.97 Å². The highest BCUT2D eigenvalue weighted by atomic mass is 16.7. The molecule has 236 valence electrons. The molecule has 0 radical (unpaired) electrons. The van der Waals surface area contributed by atoms with E-state index in [0.29, 0.717) is 25.1 Å². The Kier molecular flexibility index (Phi) is 10.6. The SMILES string of the molecule is CC1NC(=O)C(C2CCCC2)OC(=O)COCOCC=Cc2ccc3ccc(nc3c2)C(C)NC(=O)C2CCCN(N2)C1=O. The molecule has 1 saturated carbocycles. The van der Waals surface area contributed by atoms with Crippen molar-refractivity contribution in [3.63, 3.8) is 0 Å². The van der Waals surface area contributed by atoms with Gasteiger partial charge < -0.3 is 24.8 Å². The van der Waals surface area contributed by atoms with Crippen LogP contribution in [0.15, 0.2) is 36.4 Å². The highest BCUT2D eigenvalue weighted by Crippen LogP contribution is 2.30. The molecule has 4 atom stereocenters. The fourth-order valence-electron chi connectivity index (χ4n) is 5.89. The highest BCUT2D eigenvalue weighted by molar-refractivity contribution is 5.91. The van der Waals surface area contributed by atoms with Crippen LogP contribution in [-0.4, -0.2) is 78.4 Å². The van der Waals surface area contributed by atoms with E-state index in [1.54, 1.807) is 6.92 Å². The number of hydrazine groups is 1. The molecule has 2 fully saturated rings. The Labute approximate surface area is 256 Å². The van der Waals surface area contributed by atoms with Gasteiger partial charge in [-0.3, -0.25) is 24.4 Å². The van der Waals surface area contributed by atoms with E-state index in [0.717, 1.165) is 42.1 Å². The molecule has 3 aliphatic rings. The summed E-state index contributed by atoms with van der Waals surface area (Å²) in [6.45, 7) is 3.61. The minimum Gasteiger partial charge on any atom is -0.450 e. The number of rotatable bonds is 1. The zero-order valence-corrected chi connectivity index (χ0v) is 25.3. The van der Waals surface area contributed by atoms with Crippen LogP contribution in [-0.2, 0) is 33.4 Å². The second-order valence-corrected chi connectivity index (χ2v) is 11.7. The van der Waals surface area contributed by atoms with Gasteiger partial charge in [-0.25, -0.2) is 10.2 Å². The van der Waals surface area contributed by atoms with Gasteiger partial charge in [0, 0.05) is 17.8 Å². The standard InChI is InChI=1S/C32H41N5O7/c1-20-25-14-13-23-12-11-22(17-27(23)35-25)7-6-16-42-19-43-18-28(38)44-29(24-8-3-4-9-24)31(40)34-21(2)32(41)37-15-5-10-26(36-37)30(39)33-20/h6-7,11-14,17,20-21,24,26,29,36H,3-5,8-10,15-16,18-19H2,1-2H3,(H,33,39)(H,34,40). The second kappa shape index (κ2) is 14.7. The summed E-state index contributed by atoms with van der Waals surface area (Å²) in [5.41, 5.74) is 5.47. The van der Waals surface area contributed by atoms with Crippen molar-refractivity contribution in [3.05, 3.63) is 47.7 Å². The minimum absolute atomic E-state index is 0.124. The highest BCUT2D eigenvalue weighted by Gasteiger charge is 2.37. The van der Waals surface area contributed by atoms with Gasteiger partial charge in [-0.15, -0.1) is 0 Å². The molecular formula is C32H41N5O7. The number of amides is 3. The smallest absolute Gasteiger partial charge is 0.332 e. The molecule has 3 N–H and O–H groups in total. The van der Waals surface area contributed by atoms with Crippen molar-refractivity contribution in [2.45, 2.75) is 76.6 Å². The van der Waals surface area contributed by atoms with Crippen LogP contribution in [0.4, 0.5) is 0 Å². The summed E-state index contributed by atoms with van der Waals surface area (Å²) in [5.74, 6) is -1.96. The van der Waals surface area contributed by atoms with E-state index in [1.807, 2.05) is 49.4 Å². The molecular weight excluding hydrogens is 566 g/mol. The number of pyridine rings is 1. The first-order chi connectivity index (χ1) is 21.3. The molecule has 2 aromatic rings. The third-order valence-electron chi connectivity index (χ3n) is 8.29. The van der Waals surface area contributed by atoms with Gasteiger partial charge in [-0.1, -0.05) is 43.2 Å². The molecule has 1 aromatic heterocycles. The third kappa shape index (κ3) is 7.99. The summed E-state index contributed by atoms with van der Waals surface area (Å²) in [7, 11) is 0. The monoisotopic (exact) mass is 607 g/mol. The zero-order chi connectivity index (χ0) is 31.1. The van der Waals surface area contributed by atoms with Crippen molar-refractivity contribution in [2.75, 3.05) is 26.6 Å². The van der Waals surface area contributed by atoms with Crippen molar-refractivity contribution < 1.29 is 33.4 Å². The lowest BCUT2D eigenvalue weighted by Crippen LogP contribution is -2.61. The summed E-state index contributed by atoms with van der Waals surface area (Å²) >= 11 is 0. The molecule has 2 aliphatic heterocycles. The quantitative estimate of drug-likeness (QED) is 0.416. The molecule has 1 aromatic carbocycles. The molecule has 0 spiro atoms. The van der Waals surface area contributed by atoms with Crippen LogP contribution in [0.25, 0.3) is 17.0 Å². The predicted molar refractivity (Wildman–Crippen MR) is 161 cm³/mol. The largest absolute Gasteiger partial charge is 0.450 e. The number of nitrogens with zero attached hydrogens (tertiary/aromatic N) is 2. The van der Waals surface area contributed by atoms with Crippen LogP contribution in [0.3, 0.4) is 0 Å². The number of cyclic esters (lactones) is 1. The van der Waals surface area contributed by atoms with Gasteiger partial charge in [0.1, 0.15) is 25.5 Å². The number of esters is 1. The Bertz CT molecular complexity index is 1390. The van der Waals surface area contributed by atoms with Gasteiger partial charge in [0.2, 0.25) is 5.91 Å². The van der Waals surface area contributed by atoms with Crippen LogP contribution in [0.1, 0.15) is 69.7 Å². The fourth-order valence-corrected chi connectivity index (χ4v) is 5.89. The lowest BCUT2D eigenvalue weighted by Gasteiger charge is -2.35. The molecule has 3 amide bonds. The van der Waals surface area contributed by atoms with Gasteiger partial charge in [0.05, 0.1) is 23.9 Å². The summed E-state index contributed by atoms with van der Waals surface area (Å²) in [5, 5.41) is 8.11. The number of carbonyl (C=O) groups is 4. The number of fused-ring (bicyclic) bond motifs is 4. The maximum Gasteiger partial charge on any atom is 0.332 e. The van der Waals surface area contributed by atoms with Crippen LogP contribution in [0, 0.1) is 5.92 Å². The van der Waals surface area contributed by atoms with Crippen LogP contribution in [0.5, 0.6) is 0 Å². The second-order valence-electron chi connectivity index (χ2n) is 11.7. The number of benzene rings is 1. The summed E-state index contributed by atoms with van der Waals surface area (Å²) in [6, 6.07) is 7.88. The zero-order valence-electron chi connectivity index (χ0n) is 25.3. The summed E-state index contributed by atoms with van der Waals surface area (Å²) in [6.07, 6.45) is 7.25. The maximum absolute atomic E-state index is 13.3. The lowest BCUT2D eigenvalue weighted by molar-refractivity contribution is -0.167. The van der Waals surface area contributed by atoms with Crippen LogP contribution in [0.2, 0.25) is 0 Å². The first-order valence-electron chi connectivity index (χ1n) is 15.4. The van der Waals surface area contributed by atoms with E-state index in [2.05, 4.69) is 16.1 Å². The lowest BCUT2D eigenvalue weighted by atomic mass is 9.99. The van der Waals surface area contributed by atoms with Crippen LogP contribution < -0.4 is 16.1 Å². The molecule has 1 aliphatic carbocycles. The molecule has 44 heavy (non-hydrogen) atoms. The average Bonchev–Trinajstić information content (AvgIpc) is 3.56. The first kappa shape index (κ1) is 31.6. The molecule has 5 bridgehead atoms. The molecule has 12 nitrogen and oxygen atoms in total. The number of aromatic nitrogens is 1. The number of hydrogen-bond acceptors (Lipinski definition) is 9. The molecule has 5 rings (SSSR count).